The molecule has 2 aromatic heterocycles. The highest BCUT2D eigenvalue weighted by atomic mass is 79.9. The van der Waals surface area contributed by atoms with Crippen LogP contribution < -0.4 is 5.32 Å². The van der Waals surface area contributed by atoms with Gasteiger partial charge in [-0.05, 0) is 54.8 Å². The molecule has 2 heterocycles. The molecular weight excluding hydrogens is 338 g/mol. The summed E-state index contributed by atoms with van der Waals surface area (Å²) in [7, 11) is 1.98. The molecule has 0 aliphatic rings. The molecule has 2 rings (SSSR count). The van der Waals surface area contributed by atoms with Crippen LogP contribution in [-0.2, 0) is 19.4 Å². The Bertz CT molecular complexity index is 577. The normalized spacial score (nSPS) is 12.8. The second-order valence-corrected chi connectivity index (χ2v) is 6.22. The molecule has 20 heavy (non-hydrogen) atoms. The smallest absolute Gasteiger partial charge is 0.0801 e. The van der Waals surface area contributed by atoms with Crippen LogP contribution in [0.25, 0.3) is 0 Å². The summed E-state index contributed by atoms with van der Waals surface area (Å²) in [4.78, 5) is 1.23. The number of aromatic nitrogens is 4. The molecule has 0 saturated carbocycles. The van der Waals surface area contributed by atoms with Crippen LogP contribution in [0.15, 0.2) is 4.47 Å². The van der Waals surface area contributed by atoms with Gasteiger partial charge in [0.1, 0.15) is 0 Å². The van der Waals surface area contributed by atoms with Gasteiger partial charge in [-0.1, -0.05) is 11.4 Å². The lowest BCUT2D eigenvalue weighted by atomic mass is 10.1. The Morgan fingerprint density at radius 3 is 2.75 bits per heavy atom. The molecule has 110 valence electrons. The molecular formula is C13H20BrN5S. The van der Waals surface area contributed by atoms with E-state index in [1.165, 1.54) is 22.1 Å². The molecule has 0 spiro atoms. The van der Waals surface area contributed by atoms with E-state index in [0.29, 0.717) is 0 Å². The minimum atomic E-state index is 0.225. The van der Waals surface area contributed by atoms with Crippen LogP contribution in [0.2, 0.25) is 0 Å². The van der Waals surface area contributed by atoms with Crippen molar-refractivity contribution in [3.05, 3.63) is 26.4 Å². The predicted octanol–water partition coefficient (Wildman–Crippen LogP) is 2.89. The number of aryl methyl sites for hydroxylation is 3. The Labute approximate surface area is 132 Å². The summed E-state index contributed by atoms with van der Waals surface area (Å²) in [5, 5.41) is 12.1. The Hall–Kier alpha value is -0.790. The average molecular weight is 358 g/mol. The number of likely N-dealkylation sites (N-methyl/N-ethyl adjacent to an activating group) is 1. The first kappa shape index (κ1) is 15.6. The summed E-state index contributed by atoms with van der Waals surface area (Å²) in [5.41, 5.74) is 3.35. The zero-order valence-electron chi connectivity index (χ0n) is 12.3. The molecule has 0 radical (unpaired) electrons. The third kappa shape index (κ3) is 2.94. The van der Waals surface area contributed by atoms with Crippen LogP contribution in [0, 0.1) is 6.92 Å². The maximum atomic E-state index is 4.55. The summed E-state index contributed by atoms with van der Waals surface area (Å²) in [6.45, 7) is 7.13. The summed E-state index contributed by atoms with van der Waals surface area (Å²) >= 11 is 5.14. The minimum absolute atomic E-state index is 0.225. The van der Waals surface area contributed by atoms with Crippen LogP contribution in [0.4, 0.5) is 0 Å². The second kappa shape index (κ2) is 6.78. The fourth-order valence-corrected chi connectivity index (χ4v) is 3.60. The van der Waals surface area contributed by atoms with Crippen molar-refractivity contribution in [2.45, 2.75) is 46.2 Å². The molecule has 5 nitrogen and oxygen atoms in total. The SMILES string of the molecule is CCc1nnsc1C(Cc1c(Br)c(C)nn1CC)NC. The highest BCUT2D eigenvalue weighted by Gasteiger charge is 2.21. The van der Waals surface area contributed by atoms with Gasteiger partial charge in [-0.2, -0.15) is 5.10 Å². The van der Waals surface area contributed by atoms with Crippen molar-refractivity contribution >= 4 is 27.5 Å². The van der Waals surface area contributed by atoms with Gasteiger partial charge in [-0.15, -0.1) is 5.10 Å². The highest BCUT2D eigenvalue weighted by Crippen LogP contribution is 2.29. The van der Waals surface area contributed by atoms with Crippen LogP contribution in [0.3, 0.4) is 0 Å². The van der Waals surface area contributed by atoms with E-state index < -0.39 is 0 Å². The number of rotatable bonds is 6. The molecule has 2 aromatic rings. The molecule has 1 N–H and O–H groups in total. The summed E-state index contributed by atoms with van der Waals surface area (Å²) in [6, 6.07) is 0.225. The van der Waals surface area contributed by atoms with Crippen LogP contribution in [0.5, 0.6) is 0 Å². The summed E-state index contributed by atoms with van der Waals surface area (Å²) in [6.07, 6.45) is 1.79. The third-order valence-corrected chi connectivity index (χ3v) is 5.35. The molecule has 0 bridgehead atoms. The standard InChI is InChI=1S/C13H20BrN5S/c1-5-9-13(20-18-16-9)10(15-4)7-11-12(14)8(3)17-19(11)6-2/h10,15H,5-7H2,1-4H3. The Kier molecular flexibility index (Phi) is 5.29. The van der Waals surface area contributed by atoms with Gasteiger partial charge >= 0.3 is 0 Å². The Morgan fingerprint density at radius 2 is 2.15 bits per heavy atom. The van der Waals surface area contributed by atoms with Gasteiger partial charge in [-0.3, -0.25) is 4.68 Å². The number of hydrogen-bond acceptors (Lipinski definition) is 5. The average Bonchev–Trinajstić information content (AvgIpc) is 3.03. The lowest BCUT2D eigenvalue weighted by Crippen LogP contribution is -2.21. The van der Waals surface area contributed by atoms with Crippen LogP contribution in [-0.4, -0.2) is 26.4 Å². The fraction of sp³-hybridized carbons (Fsp3) is 0.615. The van der Waals surface area contributed by atoms with Gasteiger partial charge in [0.15, 0.2) is 0 Å². The molecule has 7 heteroatoms. The highest BCUT2D eigenvalue weighted by molar-refractivity contribution is 9.10. The number of nitrogens with one attached hydrogen (secondary N) is 1. The van der Waals surface area contributed by atoms with E-state index in [9.17, 15) is 0 Å². The van der Waals surface area contributed by atoms with Crippen molar-refractivity contribution in [1.82, 2.24) is 24.7 Å². The largest absolute Gasteiger partial charge is 0.312 e. The number of nitrogens with zero attached hydrogens (tertiary/aromatic N) is 4. The maximum absolute atomic E-state index is 4.55. The molecule has 1 unspecified atom stereocenters. The molecule has 0 aliphatic heterocycles. The first-order chi connectivity index (χ1) is 9.62. The quantitative estimate of drug-likeness (QED) is 0.863. The molecule has 0 aromatic carbocycles. The first-order valence-electron chi connectivity index (χ1n) is 6.82. The lowest BCUT2D eigenvalue weighted by Gasteiger charge is -2.16. The van der Waals surface area contributed by atoms with Gasteiger partial charge < -0.3 is 5.32 Å². The van der Waals surface area contributed by atoms with Crippen molar-refractivity contribution < 1.29 is 0 Å². The van der Waals surface area contributed by atoms with E-state index >= 15 is 0 Å². The second-order valence-electron chi connectivity index (χ2n) is 4.64. The third-order valence-electron chi connectivity index (χ3n) is 3.44. The van der Waals surface area contributed by atoms with Gasteiger partial charge in [0, 0.05) is 13.0 Å². The van der Waals surface area contributed by atoms with Crippen molar-refractivity contribution in [2.24, 2.45) is 0 Å². The van der Waals surface area contributed by atoms with Gasteiger partial charge in [-0.25, -0.2) is 0 Å². The summed E-state index contributed by atoms with van der Waals surface area (Å²) in [5.74, 6) is 0. The molecule has 0 fully saturated rings. The van der Waals surface area contributed by atoms with Crippen LogP contribution >= 0.6 is 27.5 Å². The molecule has 1 atom stereocenters. The number of halogens is 1. The first-order valence-corrected chi connectivity index (χ1v) is 8.39. The van der Waals surface area contributed by atoms with Crippen molar-refractivity contribution in [3.8, 4) is 0 Å². The zero-order chi connectivity index (χ0) is 14.7. The van der Waals surface area contributed by atoms with Crippen LogP contribution in [0.1, 0.15) is 41.8 Å². The lowest BCUT2D eigenvalue weighted by molar-refractivity contribution is 0.542. The Morgan fingerprint density at radius 1 is 1.40 bits per heavy atom. The van der Waals surface area contributed by atoms with Gasteiger partial charge in [0.2, 0.25) is 0 Å². The van der Waals surface area contributed by atoms with Gasteiger partial charge in [0.25, 0.3) is 0 Å². The molecule has 0 aliphatic carbocycles. The van der Waals surface area contributed by atoms with E-state index in [1.807, 2.05) is 14.0 Å². The van der Waals surface area contributed by atoms with E-state index in [2.05, 4.69) is 54.5 Å². The minimum Gasteiger partial charge on any atom is -0.312 e. The maximum Gasteiger partial charge on any atom is 0.0801 e. The van der Waals surface area contributed by atoms with E-state index in [4.69, 9.17) is 0 Å². The van der Waals surface area contributed by atoms with Crippen molar-refractivity contribution in [1.29, 1.82) is 0 Å². The van der Waals surface area contributed by atoms with Crippen molar-refractivity contribution in [2.75, 3.05) is 7.05 Å². The topological polar surface area (TPSA) is 55.6 Å². The van der Waals surface area contributed by atoms with Crippen molar-refractivity contribution in [3.63, 3.8) is 0 Å². The van der Waals surface area contributed by atoms with E-state index in [1.54, 1.807) is 0 Å². The number of hydrogen-bond donors (Lipinski definition) is 1. The monoisotopic (exact) mass is 357 g/mol. The van der Waals surface area contributed by atoms with Gasteiger partial charge in [0.05, 0.1) is 32.5 Å². The van der Waals surface area contributed by atoms with E-state index in [-0.39, 0.29) is 6.04 Å². The molecule has 0 amide bonds. The molecule has 0 saturated heterocycles. The Balaban J connectivity index is 2.31. The van der Waals surface area contributed by atoms with E-state index in [0.717, 1.165) is 35.2 Å². The zero-order valence-corrected chi connectivity index (χ0v) is 14.7. The fourth-order valence-electron chi connectivity index (χ4n) is 2.31. The predicted molar refractivity (Wildman–Crippen MR) is 85.1 cm³/mol. The summed E-state index contributed by atoms with van der Waals surface area (Å²) < 4.78 is 7.26.